The highest BCUT2D eigenvalue weighted by Gasteiger charge is 2.36. The zero-order valence-corrected chi connectivity index (χ0v) is 14.9. The monoisotopic (exact) mass is 355 g/mol. The van der Waals surface area contributed by atoms with Crippen LogP contribution < -0.4 is 5.32 Å². The van der Waals surface area contributed by atoms with Crippen LogP contribution in [-0.2, 0) is 16.0 Å². The number of rotatable bonds is 4. The molecule has 132 valence electrons. The zero-order valence-electron chi connectivity index (χ0n) is 14.2. The largest absolute Gasteiger partial charge is 0.469 e. The van der Waals surface area contributed by atoms with Gasteiger partial charge in [0.05, 0.1) is 13.0 Å². The Morgan fingerprint density at radius 1 is 1.50 bits per heavy atom. The summed E-state index contributed by atoms with van der Waals surface area (Å²) in [5.41, 5.74) is 0.490. The summed E-state index contributed by atoms with van der Waals surface area (Å²) in [7, 11) is 3.09. The zero-order chi connectivity index (χ0) is 17.7. The van der Waals surface area contributed by atoms with Crippen molar-refractivity contribution in [3.8, 4) is 0 Å². The lowest BCUT2D eigenvalue weighted by Crippen LogP contribution is -2.41. The van der Waals surface area contributed by atoms with E-state index in [1.165, 1.54) is 13.2 Å². The predicted molar refractivity (Wildman–Crippen MR) is 92.7 cm³/mol. The third-order valence-corrected chi connectivity index (χ3v) is 4.70. The van der Waals surface area contributed by atoms with Crippen LogP contribution >= 0.6 is 11.6 Å². The smallest absolute Gasteiger partial charge is 0.310 e. The summed E-state index contributed by atoms with van der Waals surface area (Å²) in [6, 6.07) is 4.67. The Labute approximate surface area is 146 Å². The second kappa shape index (κ2) is 8.33. The molecule has 5 nitrogen and oxygen atoms in total. The average molecular weight is 356 g/mol. The van der Waals surface area contributed by atoms with Crippen LogP contribution in [0, 0.1) is 17.7 Å². The SMILES string of the molecule is CN=C(NCCc1c(F)cccc1Cl)N1CC(C)C(C(=O)OC)C1. The molecule has 1 aromatic carbocycles. The van der Waals surface area contributed by atoms with Crippen molar-refractivity contribution in [2.75, 3.05) is 33.8 Å². The van der Waals surface area contributed by atoms with E-state index < -0.39 is 0 Å². The Balaban J connectivity index is 1.93. The van der Waals surface area contributed by atoms with Gasteiger partial charge in [-0.2, -0.15) is 0 Å². The van der Waals surface area contributed by atoms with Gasteiger partial charge in [-0.05, 0) is 24.5 Å². The first kappa shape index (κ1) is 18.5. The Morgan fingerprint density at radius 3 is 2.88 bits per heavy atom. The molecular formula is C17H23ClFN3O2. The molecule has 2 atom stereocenters. The normalized spacial score (nSPS) is 21.0. The Hall–Kier alpha value is -1.82. The van der Waals surface area contributed by atoms with Crippen LogP contribution in [0.2, 0.25) is 5.02 Å². The van der Waals surface area contributed by atoms with Gasteiger partial charge in [-0.1, -0.05) is 24.6 Å². The standard InChI is InChI=1S/C17H23ClFN3O2/c1-11-9-22(10-13(11)16(23)24-3)17(20-2)21-8-7-12-14(18)5-4-6-15(12)19/h4-6,11,13H,7-10H2,1-3H3,(H,20,21). The lowest BCUT2D eigenvalue weighted by Gasteiger charge is -2.21. The summed E-state index contributed by atoms with van der Waals surface area (Å²) < 4.78 is 18.6. The van der Waals surface area contributed by atoms with Crippen molar-refractivity contribution in [1.82, 2.24) is 10.2 Å². The summed E-state index contributed by atoms with van der Waals surface area (Å²) in [5, 5.41) is 3.63. The molecule has 0 aliphatic carbocycles. The first-order valence-electron chi connectivity index (χ1n) is 7.94. The van der Waals surface area contributed by atoms with Crippen molar-refractivity contribution in [2.24, 2.45) is 16.8 Å². The summed E-state index contributed by atoms with van der Waals surface area (Å²) >= 11 is 6.04. The number of ether oxygens (including phenoxy) is 1. The van der Waals surface area contributed by atoms with Gasteiger partial charge >= 0.3 is 5.97 Å². The van der Waals surface area contributed by atoms with Crippen LogP contribution in [0.4, 0.5) is 4.39 Å². The third-order valence-electron chi connectivity index (χ3n) is 4.35. The highest BCUT2D eigenvalue weighted by Crippen LogP contribution is 2.24. The van der Waals surface area contributed by atoms with Gasteiger partial charge < -0.3 is 15.0 Å². The summed E-state index contributed by atoms with van der Waals surface area (Å²) in [4.78, 5) is 18.1. The predicted octanol–water partition coefficient (Wildman–Crippen LogP) is 2.34. The lowest BCUT2D eigenvalue weighted by atomic mass is 9.99. The maximum absolute atomic E-state index is 13.8. The Kier molecular flexibility index (Phi) is 6.43. The highest BCUT2D eigenvalue weighted by atomic mass is 35.5. The fourth-order valence-electron chi connectivity index (χ4n) is 3.00. The topological polar surface area (TPSA) is 53.9 Å². The number of nitrogens with zero attached hydrogens (tertiary/aromatic N) is 2. The van der Waals surface area contributed by atoms with Gasteiger partial charge in [-0.3, -0.25) is 9.79 Å². The van der Waals surface area contributed by atoms with Crippen LogP contribution in [0.5, 0.6) is 0 Å². The number of benzene rings is 1. The van der Waals surface area contributed by atoms with Gasteiger partial charge in [0.2, 0.25) is 0 Å². The number of hydrogen-bond donors (Lipinski definition) is 1. The lowest BCUT2D eigenvalue weighted by molar-refractivity contribution is -0.145. The van der Waals surface area contributed by atoms with E-state index in [2.05, 4.69) is 10.3 Å². The molecule has 1 aliphatic rings. The summed E-state index contributed by atoms with van der Waals surface area (Å²) in [6.07, 6.45) is 0.453. The van der Waals surface area contributed by atoms with E-state index in [0.717, 1.165) is 6.54 Å². The van der Waals surface area contributed by atoms with Crippen molar-refractivity contribution >= 4 is 23.5 Å². The van der Waals surface area contributed by atoms with Crippen LogP contribution in [-0.4, -0.2) is 50.6 Å². The van der Waals surface area contributed by atoms with Crippen LogP contribution in [0.15, 0.2) is 23.2 Å². The van der Waals surface area contributed by atoms with Gasteiger partial charge in [0.25, 0.3) is 0 Å². The molecule has 1 heterocycles. The van der Waals surface area contributed by atoms with Crippen LogP contribution in [0.25, 0.3) is 0 Å². The second-order valence-electron chi connectivity index (χ2n) is 5.94. The number of nitrogens with one attached hydrogen (secondary N) is 1. The first-order valence-corrected chi connectivity index (χ1v) is 8.32. The van der Waals surface area contributed by atoms with Crippen LogP contribution in [0.3, 0.4) is 0 Å². The van der Waals surface area contributed by atoms with Gasteiger partial charge in [-0.15, -0.1) is 0 Å². The molecule has 7 heteroatoms. The Morgan fingerprint density at radius 2 is 2.25 bits per heavy atom. The average Bonchev–Trinajstić information content (AvgIpc) is 2.94. The fourth-order valence-corrected chi connectivity index (χ4v) is 3.26. The summed E-state index contributed by atoms with van der Waals surface area (Å²) in [6.45, 7) is 3.81. The maximum Gasteiger partial charge on any atom is 0.310 e. The number of aliphatic imine (C=N–C) groups is 1. The van der Waals surface area contributed by atoms with Crippen molar-refractivity contribution in [3.63, 3.8) is 0 Å². The van der Waals surface area contributed by atoms with Crippen molar-refractivity contribution in [1.29, 1.82) is 0 Å². The molecule has 1 fully saturated rings. The number of hydrogen-bond acceptors (Lipinski definition) is 3. The molecule has 1 saturated heterocycles. The van der Waals surface area contributed by atoms with Crippen LogP contribution in [0.1, 0.15) is 12.5 Å². The molecular weight excluding hydrogens is 333 g/mol. The number of carbonyl (C=O) groups is 1. The number of halogens is 2. The minimum absolute atomic E-state index is 0.158. The molecule has 24 heavy (non-hydrogen) atoms. The van der Waals surface area contributed by atoms with E-state index >= 15 is 0 Å². The number of guanidine groups is 1. The van der Waals surface area contributed by atoms with E-state index in [4.69, 9.17) is 16.3 Å². The molecule has 0 saturated carbocycles. The van der Waals surface area contributed by atoms with Gasteiger partial charge in [0.15, 0.2) is 5.96 Å². The third kappa shape index (κ3) is 4.17. The number of carbonyl (C=O) groups excluding carboxylic acids is 1. The van der Waals surface area contributed by atoms with E-state index in [9.17, 15) is 9.18 Å². The first-order chi connectivity index (χ1) is 11.5. The number of likely N-dealkylation sites (tertiary alicyclic amines) is 1. The van der Waals surface area contributed by atoms with E-state index in [1.54, 1.807) is 19.2 Å². The molecule has 0 spiro atoms. The van der Waals surface area contributed by atoms with Gasteiger partial charge in [0, 0.05) is 37.3 Å². The fraction of sp³-hybridized carbons (Fsp3) is 0.529. The minimum Gasteiger partial charge on any atom is -0.469 e. The molecule has 2 unspecified atom stereocenters. The van der Waals surface area contributed by atoms with Gasteiger partial charge in [-0.25, -0.2) is 4.39 Å². The molecule has 0 aromatic heterocycles. The minimum atomic E-state index is -0.306. The quantitative estimate of drug-likeness (QED) is 0.511. The van der Waals surface area contributed by atoms with Crippen molar-refractivity contribution < 1.29 is 13.9 Å². The highest BCUT2D eigenvalue weighted by molar-refractivity contribution is 6.31. The molecule has 0 radical (unpaired) electrons. The molecule has 1 N–H and O–H groups in total. The van der Waals surface area contributed by atoms with E-state index in [1.807, 2.05) is 11.8 Å². The van der Waals surface area contributed by atoms with Gasteiger partial charge in [0.1, 0.15) is 5.82 Å². The number of esters is 1. The molecule has 0 amide bonds. The van der Waals surface area contributed by atoms with E-state index in [0.29, 0.717) is 36.1 Å². The second-order valence-corrected chi connectivity index (χ2v) is 6.34. The number of methoxy groups -OCH3 is 1. The molecule has 2 rings (SSSR count). The van der Waals surface area contributed by atoms with E-state index in [-0.39, 0.29) is 23.6 Å². The Bertz CT molecular complexity index is 604. The van der Waals surface area contributed by atoms with Crippen molar-refractivity contribution in [2.45, 2.75) is 13.3 Å². The van der Waals surface area contributed by atoms with Crippen molar-refractivity contribution in [3.05, 3.63) is 34.6 Å². The maximum atomic E-state index is 13.8. The molecule has 0 bridgehead atoms. The molecule has 1 aliphatic heterocycles. The molecule has 1 aromatic rings. The summed E-state index contributed by atoms with van der Waals surface area (Å²) in [5.74, 6) is 0.228.